The van der Waals surface area contributed by atoms with E-state index < -0.39 is 12.8 Å². The van der Waals surface area contributed by atoms with Crippen LogP contribution in [0.4, 0.5) is 13.2 Å². The van der Waals surface area contributed by atoms with Gasteiger partial charge in [0.1, 0.15) is 6.61 Å². The molecule has 0 aliphatic carbocycles. The van der Waals surface area contributed by atoms with Gasteiger partial charge >= 0.3 is 6.18 Å². The SMILES string of the molecule is CCC(NC(=O)CCOCC(F)(F)F)c1ccc(Cl)cc1. The maximum Gasteiger partial charge on any atom is 0.411 e. The van der Waals surface area contributed by atoms with Gasteiger partial charge in [-0.2, -0.15) is 13.2 Å². The quantitative estimate of drug-likeness (QED) is 0.773. The Balaban J connectivity index is 2.39. The Hall–Kier alpha value is -1.27. The van der Waals surface area contributed by atoms with Gasteiger partial charge < -0.3 is 10.1 Å². The third-order valence-electron chi connectivity index (χ3n) is 2.76. The lowest BCUT2D eigenvalue weighted by Gasteiger charge is -2.17. The zero-order valence-corrected chi connectivity index (χ0v) is 12.3. The van der Waals surface area contributed by atoms with Gasteiger partial charge in [-0.1, -0.05) is 30.7 Å². The van der Waals surface area contributed by atoms with Crippen LogP contribution in [-0.4, -0.2) is 25.3 Å². The van der Waals surface area contributed by atoms with Crippen molar-refractivity contribution >= 4 is 17.5 Å². The largest absolute Gasteiger partial charge is 0.411 e. The van der Waals surface area contributed by atoms with Crippen LogP contribution in [0, 0.1) is 0 Å². The van der Waals surface area contributed by atoms with Crippen molar-refractivity contribution in [1.82, 2.24) is 5.32 Å². The molecular weight excluding hydrogens is 307 g/mol. The van der Waals surface area contributed by atoms with E-state index in [0.717, 1.165) is 5.56 Å². The Kier molecular flexibility index (Phi) is 6.98. The molecule has 7 heteroatoms. The van der Waals surface area contributed by atoms with Gasteiger partial charge in [-0.3, -0.25) is 4.79 Å². The van der Waals surface area contributed by atoms with E-state index in [-0.39, 0.29) is 25.0 Å². The predicted octanol–water partition coefficient (Wildman–Crippen LogP) is 3.88. The van der Waals surface area contributed by atoms with E-state index in [4.69, 9.17) is 11.6 Å². The molecule has 0 heterocycles. The molecule has 0 spiro atoms. The highest BCUT2D eigenvalue weighted by atomic mass is 35.5. The van der Waals surface area contributed by atoms with Crippen molar-refractivity contribution in [3.05, 3.63) is 34.9 Å². The van der Waals surface area contributed by atoms with Gasteiger partial charge in [0, 0.05) is 11.4 Å². The van der Waals surface area contributed by atoms with Crippen LogP contribution in [0.3, 0.4) is 0 Å². The van der Waals surface area contributed by atoms with E-state index in [2.05, 4.69) is 10.1 Å². The van der Waals surface area contributed by atoms with E-state index in [9.17, 15) is 18.0 Å². The summed E-state index contributed by atoms with van der Waals surface area (Å²) in [6.07, 6.45) is -3.82. The van der Waals surface area contributed by atoms with Crippen molar-refractivity contribution < 1.29 is 22.7 Å². The van der Waals surface area contributed by atoms with Crippen LogP contribution in [0.5, 0.6) is 0 Å². The molecule has 3 nitrogen and oxygen atoms in total. The second-order valence-electron chi connectivity index (χ2n) is 4.50. The molecule has 1 aromatic carbocycles. The topological polar surface area (TPSA) is 38.3 Å². The minimum atomic E-state index is -4.37. The van der Waals surface area contributed by atoms with E-state index >= 15 is 0 Å². The fourth-order valence-corrected chi connectivity index (χ4v) is 1.86. The van der Waals surface area contributed by atoms with Gasteiger partial charge in [0.15, 0.2) is 0 Å². The Morgan fingerprint density at radius 3 is 2.48 bits per heavy atom. The summed E-state index contributed by atoms with van der Waals surface area (Å²) in [7, 11) is 0. The third kappa shape index (κ3) is 7.34. The summed E-state index contributed by atoms with van der Waals surface area (Å²) < 4.78 is 40.0. The number of halogens is 4. The molecule has 0 aliphatic rings. The highest BCUT2D eigenvalue weighted by Gasteiger charge is 2.27. The van der Waals surface area contributed by atoms with Crippen molar-refractivity contribution in [3.63, 3.8) is 0 Å². The lowest BCUT2D eigenvalue weighted by Crippen LogP contribution is -2.29. The first-order valence-electron chi connectivity index (χ1n) is 6.51. The number of rotatable bonds is 7. The molecule has 1 rings (SSSR count). The number of hydrogen-bond donors (Lipinski definition) is 1. The lowest BCUT2D eigenvalue weighted by atomic mass is 10.0. The number of carbonyl (C=O) groups excluding carboxylic acids is 1. The Labute approximate surface area is 126 Å². The summed E-state index contributed by atoms with van der Waals surface area (Å²) in [5.41, 5.74) is 0.895. The van der Waals surface area contributed by atoms with Crippen molar-refractivity contribution in [2.45, 2.75) is 32.0 Å². The van der Waals surface area contributed by atoms with Crippen LogP contribution in [0.1, 0.15) is 31.4 Å². The van der Waals surface area contributed by atoms with Crippen molar-refractivity contribution in [2.75, 3.05) is 13.2 Å². The monoisotopic (exact) mass is 323 g/mol. The van der Waals surface area contributed by atoms with Crippen LogP contribution in [0.25, 0.3) is 0 Å². The van der Waals surface area contributed by atoms with Crippen LogP contribution >= 0.6 is 11.6 Å². The first-order chi connectivity index (χ1) is 9.81. The molecule has 0 bridgehead atoms. The molecule has 0 saturated carbocycles. The molecule has 21 heavy (non-hydrogen) atoms. The van der Waals surface area contributed by atoms with Gasteiger partial charge in [-0.15, -0.1) is 0 Å². The summed E-state index contributed by atoms with van der Waals surface area (Å²) >= 11 is 5.79. The molecule has 0 radical (unpaired) electrons. The number of benzene rings is 1. The fraction of sp³-hybridized carbons (Fsp3) is 0.500. The Morgan fingerprint density at radius 2 is 1.95 bits per heavy atom. The van der Waals surface area contributed by atoms with Crippen molar-refractivity contribution in [3.8, 4) is 0 Å². The summed E-state index contributed by atoms with van der Waals surface area (Å²) in [6, 6.07) is 6.85. The number of ether oxygens (including phenoxy) is 1. The average molecular weight is 324 g/mol. The molecule has 1 amide bonds. The Bertz CT molecular complexity index is 449. The summed E-state index contributed by atoms with van der Waals surface area (Å²) in [4.78, 5) is 11.7. The smallest absolute Gasteiger partial charge is 0.372 e. The number of carbonyl (C=O) groups is 1. The minimum absolute atomic E-state index is 0.111. The molecule has 1 aromatic rings. The van der Waals surface area contributed by atoms with Crippen LogP contribution in [0.2, 0.25) is 5.02 Å². The number of hydrogen-bond acceptors (Lipinski definition) is 2. The van der Waals surface area contributed by atoms with E-state index in [1.807, 2.05) is 6.92 Å². The molecule has 0 aromatic heterocycles. The first kappa shape index (κ1) is 17.8. The minimum Gasteiger partial charge on any atom is -0.372 e. The zero-order valence-electron chi connectivity index (χ0n) is 11.5. The van der Waals surface area contributed by atoms with Crippen LogP contribution in [0.15, 0.2) is 24.3 Å². The van der Waals surface area contributed by atoms with Gasteiger partial charge in [0.05, 0.1) is 12.6 Å². The molecule has 1 N–H and O–H groups in total. The summed E-state index contributed by atoms with van der Waals surface area (Å²) in [5, 5.41) is 3.35. The highest BCUT2D eigenvalue weighted by Crippen LogP contribution is 2.19. The summed E-state index contributed by atoms with van der Waals surface area (Å²) in [6.45, 7) is 0.302. The first-order valence-corrected chi connectivity index (χ1v) is 6.89. The molecule has 1 atom stereocenters. The molecule has 118 valence electrons. The maximum atomic E-state index is 11.9. The maximum absolute atomic E-state index is 11.9. The van der Waals surface area contributed by atoms with Crippen molar-refractivity contribution in [1.29, 1.82) is 0 Å². The molecule has 0 fully saturated rings. The highest BCUT2D eigenvalue weighted by molar-refractivity contribution is 6.30. The van der Waals surface area contributed by atoms with E-state index in [1.165, 1.54) is 0 Å². The lowest BCUT2D eigenvalue weighted by molar-refractivity contribution is -0.174. The standard InChI is InChI=1S/C14H17ClF3NO2/c1-2-12(10-3-5-11(15)6-4-10)19-13(20)7-8-21-9-14(16,17)18/h3-6,12H,2,7-9H2,1H3,(H,19,20). The molecule has 1 unspecified atom stereocenters. The van der Waals surface area contributed by atoms with E-state index in [0.29, 0.717) is 11.4 Å². The fourth-order valence-electron chi connectivity index (χ4n) is 1.74. The molecular formula is C14H17ClF3NO2. The number of nitrogens with one attached hydrogen (secondary N) is 1. The number of alkyl halides is 3. The normalized spacial score (nSPS) is 13.0. The van der Waals surface area contributed by atoms with Gasteiger partial charge in [-0.05, 0) is 24.1 Å². The second kappa shape index (κ2) is 8.24. The second-order valence-corrected chi connectivity index (χ2v) is 4.93. The summed E-state index contributed by atoms with van der Waals surface area (Å²) in [5.74, 6) is -0.348. The zero-order chi connectivity index (χ0) is 15.9. The predicted molar refractivity (Wildman–Crippen MR) is 74.1 cm³/mol. The van der Waals surface area contributed by atoms with Crippen LogP contribution < -0.4 is 5.32 Å². The third-order valence-corrected chi connectivity index (χ3v) is 3.01. The molecule has 0 saturated heterocycles. The molecule has 0 aliphatic heterocycles. The average Bonchev–Trinajstić information content (AvgIpc) is 2.41. The van der Waals surface area contributed by atoms with Gasteiger partial charge in [0.2, 0.25) is 5.91 Å². The Morgan fingerprint density at radius 1 is 1.33 bits per heavy atom. The van der Waals surface area contributed by atoms with Gasteiger partial charge in [0.25, 0.3) is 0 Å². The van der Waals surface area contributed by atoms with E-state index in [1.54, 1.807) is 24.3 Å². The van der Waals surface area contributed by atoms with Crippen LogP contribution in [-0.2, 0) is 9.53 Å². The number of amides is 1. The van der Waals surface area contributed by atoms with Gasteiger partial charge in [-0.25, -0.2) is 0 Å². The van der Waals surface area contributed by atoms with Crippen molar-refractivity contribution in [2.24, 2.45) is 0 Å².